The van der Waals surface area contributed by atoms with Crippen LogP contribution in [0.15, 0.2) is 0 Å². The SMILES string of the molecule is CC(C)[NH3+].CCCCOS(=O)(=O)[O-]. The minimum absolute atomic E-state index is 0.00231. The van der Waals surface area contributed by atoms with Crippen LogP contribution < -0.4 is 5.73 Å². The second-order valence-electron chi connectivity index (χ2n) is 2.98. The lowest BCUT2D eigenvalue weighted by Crippen LogP contribution is -2.57. The molecule has 0 saturated carbocycles. The molecule has 0 amide bonds. The van der Waals surface area contributed by atoms with Crippen molar-refractivity contribution in [3.05, 3.63) is 0 Å². The predicted octanol–water partition coefficient (Wildman–Crippen LogP) is -0.1000. The Labute approximate surface area is 80.2 Å². The lowest BCUT2D eigenvalue weighted by molar-refractivity contribution is -0.407. The van der Waals surface area contributed by atoms with E-state index in [0.29, 0.717) is 12.5 Å². The van der Waals surface area contributed by atoms with Crippen LogP contribution in [0.3, 0.4) is 0 Å². The third-order valence-corrected chi connectivity index (χ3v) is 1.18. The Kier molecular flexibility index (Phi) is 9.93. The summed E-state index contributed by atoms with van der Waals surface area (Å²) in [4.78, 5) is 0. The molecule has 0 rings (SSSR count). The third kappa shape index (κ3) is 33.6. The van der Waals surface area contributed by atoms with Crippen molar-refractivity contribution in [3.8, 4) is 0 Å². The molecule has 0 bridgehead atoms. The Hall–Kier alpha value is -0.170. The van der Waals surface area contributed by atoms with Crippen LogP contribution in [0, 0.1) is 0 Å². The summed E-state index contributed by atoms with van der Waals surface area (Å²) in [5, 5.41) is 0. The van der Waals surface area contributed by atoms with E-state index in [-0.39, 0.29) is 6.61 Å². The van der Waals surface area contributed by atoms with E-state index in [1.54, 1.807) is 0 Å². The Morgan fingerprint density at radius 2 is 1.85 bits per heavy atom. The average Bonchev–Trinajstić information content (AvgIpc) is 1.83. The van der Waals surface area contributed by atoms with E-state index < -0.39 is 10.4 Å². The van der Waals surface area contributed by atoms with Crippen molar-refractivity contribution in [3.63, 3.8) is 0 Å². The highest BCUT2D eigenvalue weighted by molar-refractivity contribution is 7.80. The van der Waals surface area contributed by atoms with Gasteiger partial charge < -0.3 is 10.3 Å². The van der Waals surface area contributed by atoms with Crippen molar-refractivity contribution in [2.75, 3.05) is 6.61 Å². The molecule has 0 saturated heterocycles. The number of hydrogen-bond donors (Lipinski definition) is 1. The van der Waals surface area contributed by atoms with Gasteiger partial charge in [0, 0.05) is 0 Å². The van der Waals surface area contributed by atoms with E-state index in [0.717, 1.165) is 6.42 Å². The van der Waals surface area contributed by atoms with E-state index in [1.165, 1.54) is 0 Å². The Morgan fingerprint density at radius 1 is 1.46 bits per heavy atom. The van der Waals surface area contributed by atoms with Gasteiger partial charge in [0.05, 0.1) is 12.6 Å². The molecule has 0 aliphatic rings. The minimum atomic E-state index is -4.45. The van der Waals surface area contributed by atoms with Crippen molar-refractivity contribution < 1.29 is 22.9 Å². The quantitative estimate of drug-likeness (QED) is 0.401. The molecule has 5 nitrogen and oxygen atoms in total. The van der Waals surface area contributed by atoms with Gasteiger partial charge in [-0.2, -0.15) is 0 Å². The van der Waals surface area contributed by atoms with Crippen molar-refractivity contribution in [1.29, 1.82) is 0 Å². The monoisotopic (exact) mass is 213 g/mol. The van der Waals surface area contributed by atoms with Gasteiger partial charge >= 0.3 is 0 Å². The molecule has 0 aromatic carbocycles. The zero-order valence-corrected chi connectivity index (χ0v) is 9.26. The van der Waals surface area contributed by atoms with E-state index in [1.807, 2.05) is 6.92 Å². The molecule has 0 aromatic rings. The Balaban J connectivity index is 0. The first kappa shape index (κ1) is 15.3. The first-order valence-corrected chi connectivity index (χ1v) is 5.56. The second kappa shape index (κ2) is 8.43. The van der Waals surface area contributed by atoms with E-state index in [9.17, 15) is 13.0 Å². The Bertz CT molecular complexity index is 186. The third-order valence-electron chi connectivity index (χ3n) is 0.726. The molecule has 0 unspecified atom stereocenters. The van der Waals surface area contributed by atoms with Gasteiger partial charge in [0.15, 0.2) is 0 Å². The summed E-state index contributed by atoms with van der Waals surface area (Å²) in [6.45, 7) is 5.99. The molecule has 0 aromatic heterocycles. The van der Waals surface area contributed by atoms with Crippen LogP contribution in [0.2, 0.25) is 0 Å². The van der Waals surface area contributed by atoms with Gasteiger partial charge in [-0.15, -0.1) is 0 Å². The maximum absolute atomic E-state index is 9.73. The van der Waals surface area contributed by atoms with Crippen molar-refractivity contribution in [1.82, 2.24) is 0 Å². The number of unbranched alkanes of at least 4 members (excludes halogenated alkanes) is 1. The van der Waals surface area contributed by atoms with Crippen LogP contribution in [0.25, 0.3) is 0 Å². The zero-order chi connectivity index (χ0) is 10.9. The molecule has 13 heavy (non-hydrogen) atoms. The van der Waals surface area contributed by atoms with Crippen LogP contribution in [0.4, 0.5) is 0 Å². The number of quaternary nitrogens is 1. The molecule has 6 heteroatoms. The first-order chi connectivity index (χ1) is 5.79. The van der Waals surface area contributed by atoms with E-state index in [2.05, 4.69) is 23.8 Å². The van der Waals surface area contributed by atoms with Crippen molar-refractivity contribution >= 4 is 10.4 Å². The van der Waals surface area contributed by atoms with Gasteiger partial charge in [-0.1, -0.05) is 13.3 Å². The van der Waals surface area contributed by atoms with Gasteiger partial charge in [0.2, 0.25) is 10.4 Å². The van der Waals surface area contributed by atoms with Crippen molar-refractivity contribution in [2.24, 2.45) is 0 Å². The molecule has 0 aliphatic heterocycles. The maximum atomic E-state index is 9.73. The predicted molar refractivity (Wildman–Crippen MR) is 48.6 cm³/mol. The standard InChI is InChI=1S/C4H10O4S.C3H9N/c1-2-3-4-8-9(5,6)7;1-3(2)4/h2-4H2,1H3,(H,5,6,7);3H,4H2,1-2H3. The molecule has 0 aliphatic carbocycles. The van der Waals surface area contributed by atoms with Gasteiger partial charge in [-0.05, 0) is 20.3 Å². The number of rotatable bonds is 4. The molecule has 0 atom stereocenters. The highest BCUT2D eigenvalue weighted by Gasteiger charge is 1.90. The van der Waals surface area contributed by atoms with Gasteiger partial charge in [0.1, 0.15) is 0 Å². The number of hydrogen-bond acceptors (Lipinski definition) is 4. The van der Waals surface area contributed by atoms with Crippen LogP contribution >= 0.6 is 0 Å². The van der Waals surface area contributed by atoms with Gasteiger partial charge in [0.25, 0.3) is 0 Å². The molecule has 82 valence electrons. The fourth-order valence-corrected chi connectivity index (χ4v) is 0.627. The first-order valence-electron chi connectivity index (χ1n) is 4.23. The van der Waals surface area contributed by atoms with E-state index >= 15 is 0 Å². The van der Waals surface area contributed by atoms with Gasteiger partial charge in [-0.25, -0.2) is 8.42 Å². The normalized spacial score (nSPS) is 10.9. The van der Waals surface area contributed by atoms with Crippen LogP contribution in [-0.2, 0) is 14.6 Å². The fourth-order valence-electron chi connectivity index (χ4n) is 0.305. The van der Waals surface area contributed by atoms with Crippen LogP contribution in [0.1, 0.15) is 33.6 Å². The molecule has 3 N–H and O–H groups in total. The smallest absolute Gasteiger partial charge is 0.217 e. The maximum Gasteiger partial charge on any atom is 0.217 e. The molecule has 0 radical (unpaired) electrons. The summed E-state index contributed by atoms with van der Waals surface area (Å²) in [7, 11) is -4.45. The zero-order valence-electron chi connectivity index (χ0n) is 8.45. The highest BCUT2D eigenvalue weighted by atomic mass is 32.3. The average molecular weight is 213 g/mol. The largest absolute Gasteiger partial charge is 0.726 e. The lowest BCUT2D eigenvalue weighted by atomic mass is 10.4. The van der Waals surface area contributed by atoms with E-state index in [4.69, 9.17) is 0 Å². The molecular weight excluding hydrogens is 194 g/mol. The summed E-state index contributed by atoms with van der Waals surface area (Å²) in [6.07, 6.45) is 1.41. The second-order valence-corrected chi connectivity index (χ2v) is 4.03. The van der Waals surface area contributed by atoms with Gasteiger partial charge in [-0.3, -0.25) is 4.18 Å². The van der Waals surface area contributed by atoms with Crippen LogP contribution in [-0.4, -0.2) is 25.6 Å². The summed E-state index contributed by atoms with van der Waals surface area (Å²) in [5.41, 5.74) is 3.64. The van der Waals surface area contributed by atoms with Crippen molar-refractivity contribution in [2.45, 2.75) is 39.7 Å². The fraction of sp³-hybridized carbons (Fsp3) is 1.00. The molecule has 0 fully saturated rings. The molecular formula is C7H19NO4S. The Morgan fingerprint density at radius 3 is 2.08 bits per heavy atom. The summed E-state index contributed by atoms with van der Waals surface area (Å²) >= 11 is 0. The summed E-state index contributed by atoms with van der Waals surface area (Å²) < 4.78 is 33.1. The highest BCUT2D eigenvalue weighted by Crippen LogP contribution is 1.91. The summed E-state index contributed by atoms with van der Waals surface area (Å²) in [5.74, 6) is 0. The molecule has 0 heterocycles. The lowest BCUT2D eigenvalue weighted by Gasteiger charge is -2.05. The molecule has 0 spiro atoms. The van der Waals surface area contributed by atoms with Crippen LogP contribution in [0.5, 0.6) is 0 Å². The topological polar surface area (TPSA) is 94.1 Å². The minimum Gasteiger partial charge on any atom is -0.726 e. The summed E-state index contributed by atoms with van der Waals surface area (Å²) in [6, 6.07) is 0.583.